The van der Waals surface area contributed by atoms with Gasteiger partial charge in [0.05, 0.1) is 0 Å². The highest BCUT2D eigenvalue weighted by Crippen LogP contribution is 2.62. The predicted molar refractivity (Wildman–Crippen MR) is 106 cm³/mol. The van der Waals surface area contributed by atoms with E-state index in [1.807, 2.05) is 42.5 Å². The van der Waals surface area contributed by atoms with Gasteiger partial charge in [-0.15, -0.1) is 9.05 Å². The molecule has 26 heavy (non-hydrogen) atoms. The van der Waals surface area contributed by atoms with E-state index in [0.717, 1.165) is 36.8 Å². The second-order valence-electron chi connectivity index (χ2n) is 6.95. The van der Waals surface area contributed by atoms with Crippen LogP contribution in [0.15, 0.2) is 54.6 Å². The molecule has 1 fully saturated rings. The Bertz CT molecular complexity index is 679. The zero-order valence-electron chi connectivity index (χ0n) is 15.6. The highest BCUT2D eigenvalue weighted by atomic mass is 31.2. The Morgan fingerprint density at radius 1 is 0.962 bits per heavy atom. The van der Waals surface area contributed by atoms with Gasteiger partial charge in [-0.25, -0.2) is 0 Å². The average molecular weight is 375 g/mol. The molecule has 1 N–H and O–H groups in total. The van der Waals surface area contributed by atoms with Crippen molar-refractivity contribution in [2.75, 3.05) is 13.2 Å². The monoisotopic (exact) mass is 375 g/mol. The van der Waals surface area contributed by atoms with Gasteiger partial charge in [-0.3, -0.25) is 4.52 Å². The van der Waals surface area contributed by atoms with Crippen molar-refractivity contribution in [1.82, 2.24) is 0 Å². The van der Waals surface area contributed by atoms with E-state index in [1.54, 1.807) is 0 Å². The Labute approximate surface area is 156 Å². The van der Waals surface area contributed by atoms with Crippen LogP contribution in [0.3, 0.4) is 0 Å². The lowest BCUT2D eigenvalue weighted by Gasteiger charge is -2.35. The second kappa shape index (κ2) is 8.49. The largest absolute Gasteiger partial charge is 0.619 e. The lowest BCUT2D eigenvalue weighted by molar-refractivity contribution is -0.0276. The zero-order chi connectivity index (χ0) is 18.5. The maximum absolute atomic E-state index is 10.6. The summed E-state index contributed by atoms with van der Waals surface area (Å²) in [5, 5.41) is 0. The van der Waals surface area contributed by atoms with E-state index in [0.29, 0.717) is 19.0 Å². The highest BCUT2D eigenvalue weighted by Gasteiger charge is 2.54. The van der Waals surface area contributed by atoms with Crippen molar-refractivity contribution in [2.45, 2.75) is 39.5 Å². The minimum Gasteiger partial charge on any atom is -0.261 e. The van der Waals surface area contributed by atoms with Gasteiger partial charge in [-0.1, -0.05) is 69.2 Å². The van der Waals surface area contributed by atoms with Crippen LogP contribution in [-0.4, -0.2) is 18.1 Å². The maximum atomic E-state index is 10.6. The van der Waals surface area contributed by atoms with E-state index in [1.165, 1.54) is 0 Å². The van der Waals surface area contributed by atoms with Crippen LogP contribution in [0.25, 0.3) is 11.1 Å². The molecular formula is C21H28O4P+. The molecule has 0 aliphatic carbocycles. The molecule has 2 aromatic carbocycles. The third kappa shape index (κ3) is 4.63. The first-order chi connectivity index (χ1) is 12.6. The second-order valence-corrected chi connectivity index (χ2v) is 8.59. The Kier molecular flexibility index (Phi) is 6.31. The number of hydrogen-bond donors (Lipinski definition) is 1. The predicted octanol–water partition coefficient (Wildman–Crippen LogP) is 6.04. The minimum absolute atomic E-state index is 0.0111. The van der Waals surface area contributed by atoms with Crippen LogP contribution in [0.1, 0.15) is 39.5 Å². The molecule has 5 heteroatoms. The van der Waals surface area contributed by atoms with Gasteiger partial charge in [0.15, 0.2) is 5.75 Å². The van der Waals surface area contributed by atoms with Gasteiger partial charge >= 0.3 is 8.17 Å². The van der Waals surface area contributed by atoms with Crippen LogP contribution in [-0.2, 0) is 9.05 Å². The lowest BCUT2D eigenvalue weighted by atomic mass is 9.82. The fourth-order valence-corrected chi connectivity index (χ4v) is 4.56. The van der Waals surface area contributed by atoms with Gasteiger partial charge in [0.25, 0.3) is 0 Å². The van der Waals surface area contributed by atoms with Crippen LogP contribution >= 0.6 is 8.17 Å². The number of hydrogen-bond acceptors (Lipinski definition) is 4. The molecule has 140 valence electrons. The molecule has 4 nitrogen and oxygen atoms in total. The zero-order valence-corrected chi connectivity index (χ0v) is 16.5. The van der Waals surface area contributed by atoms with Crippen molar-refractivity contribution in [3.05, 3.63) is 54.6 Å². The van der Waals surface area contributed by atoms with Crippen LogP contribution in [0, 0.1) is 5.41 Å². The molecule has 1 heterocycles. The Hall–Kier alpha value is -1.45. The Morgan fingerprint density at radius 3 is 2.15 bits per heavy atom. The third-order valence-corrected chi connectivity index (χ3v) is 6.41. The van der Waals surface area contributed by atoms with Crippen molar-refractivity contribution in [3.63, 3.8) is 0 Å². The molecule has 0 radical (unpaired) electrons. The Balaban J connectivity index is 1.62. The normalized spacial score (nSPS) is 25.8. The smallest absolute Gasteiger partial charge is 0.261 e. The number of benzene rings is 2. The van der Waals surface area contributed by atoms with E-state index < -0.39 is 8.17 Å². The summed E-state index contributed by atoms with van der Waals surface area (Å²) < 4.78 is 17.1. The van der Waals surface area contributed by atoms with E-state index in [9.17, 15) is 4.89 Å². The molecule has 0 saturated carbocycles. The molecule has 0 amide bonds. The third-order valence-electron chi connectivity index (χ3n) is 5.06. The van der Waals surface area contributed by atoms with Crippen LogP contribution in [0.2, 0.25) is 0 Å². The number of rotatable bonds is 7. The first-order valence-electron chi connectivity index (χ1n) is 9.34. The van der Waals surface area contributed by atoms with Gasteiger partial charge in [-0.2, -0.15) is 4.89 Å². The average Bonchev–Trinajstić information content (AvgIpc) is 2.69. The molecule has 2 aromatic rings. The SMILES string of the molecule is CCCCC1(CC)CO[P+](O)(Oc2ccc(-c3ccccc3)cc2)OC1. The molecule has 1 aliphatic rings. The molecule has 1 aliphatic heterocycles. The van der Waals surface area contributed by atoms with E-state index in [4.69, 9.17) is 13.6 Å². The van der Waals surface area contributed by atoms with Crippen LogP contribution in [0.4, 0.5) is 0 Å². The lowest BCUT2D eigenvalue weighted by Crippen LogP contribution is -2.37. The summed E-state index contributed by atoms with van der Waals surface area (Å²) in [4.78, 5) is 10.6. The summed E-state index contributed by atoms with van der Waals surface area (Å²) in [7, 11) is -3.30. The fourth-order valence-electron chi connectivity index (χ4n) is 3.12. The topological polar surface area (TPSA) is 47.9 Å². The molecule has 3 rings (SSSR count). The van der Waals surface area contributed by atoms with Crippen LogP contribution < -0.4 is 4.52 Å². The van der Waals surface area contributed by atoms with E-state index in [-0.39, 0.29) is 5.41 Å². The van der Waals surface area contributed by atoms with Crippen molar-refractivity contribution < 1.29 is 18.5 Å². The van der Waals surface area contributed by atoms with Crippen molar-refractivity contribution in [2.24, 2.45) is 5.41 Å². The van der Waals surface area contributed by atoms with Crippen molar-refractivity contribution in [3.8, 4) is 16.9 Å². The summed E-state index contributed by atoms with van der Waals surface area (Å²) >= 11 is 0. The summed E-state index contributed by atoms with van der Waals surface area (Å²) in [5.74, 6) is 0.554. The highest BCUT2D eigenvalue weighted by molar-refractivity contribution is 7.55. The van der Waals surface area contributed by atoms with Gasteiger partial charge in [0.1, 0.15) is 13.2 Å². The summed E-state index contributed by atoms with van der Waals surface area (Å²) in [6, 6.07) is 17.8. The van der Waals surface area contributed by atoms with Gasteiger partial charge in [-0.05, 0) is 36.1 Å². The quantitative estimate of drug-likeness (QED) is 0.600. The fraction of sp³-hybridized carbons (Fsp3) is 0.429. The molecule has 0 aromatic heterocycles. The summed E-state index contributed by atoms with van der Waals surface area (Å²) in [6.45, 7) is 5.29. The summed E-state index contributed by atoms with van der Waals surface area (Å²) in [6.07, 6.45) is 4.30. The van der Waals surface area contributed by atoms with Gasteiger partial charge in [0.2, 0.25) is 0 Å². The van der Waals surface area contributed by atoms with Crippen LogP contribution in [0.5, 0.6) is 5.75 Å². The molecule has 0 spiro atoms. The molecule has 0 atom stereocenters. The van der Waals surface area contributed by atoms with E-state index >= 15 is 0 Å². The minimum atomic E-state index is -3.30. The molecule has 0 bridgehead atoms. The maximum Gasteiger partial charge on any atom is 0.619 e. The van der Waals surface area contributed by atoms with E-state index in [2.05, 4.69) is 26.0 Å². The first-order valence-corrected chi connectivity index (χ1v) is 10.8. The number of unbranched alkanes of at least 4 members (excludes halogenated alkanes) is 1. The first kappa shape index (κ1) is 19.3. The molecular weight excluding hydrogens is 347 g/mol. The van der Waals surface area contributed by atoms with Crippen molar-refractivity contribution >= 4 is 8.17 Å². The van der Waals surface area contributed by atoms with Gasteiger partial charge in [0, 0.05) is 5.41 Å². The molecule has 0 unspecified atom stereocenters. The summed E-state index contributed by atoms with van der Waals surface area (Å²) in [5.41, 5.74) is 2.22. The van der Waals surface area contributed by atoms with Gasteiger partial charge < -0.3 is 0 Å². The van der Waals surface area contributed by atoms with Crippen molar-refractivity contribution in [1.29, 1.82) is 0 Å². The Morgan fingerprint density at radius 2 is 1.58 bits per heavy atom. The standard InChI is InChI=1S/C21H28O4P/c1-3-5-15-21(4-2)16-23-26(22,24-17-21)25-20-13-11-19(12-14-20)18-9-7-6-8-10-18/h6-14,22H,3-5,15-17H2,1-2H3/q+1. The molecule has 1 saturated heterocycles.